The zero-order valence-electron chi connectivity index (χ0n) is 11.4. The molecule has 3 atom stereocenters. The van der Waals surface area contributed by atoms with Crippen molar-refractivity contribution in [2.75, 3.05) is 7.05 Å². The Morgan fingerprint density at radius 2 is 2.12 bits per heavy atom. The summed E-state index contributed by atoms with van der Waals surface area (Å²) >= 11 is 0. The first-order valence-corrected chi connectivity index (χ1v) is 6.99. The van der Waals surface area contributed by atoms with E-state index in [9.17, 15) is 0 Å². The Labute approximate surface area is 106 Å². The highest BCUT2D eigenvalue weighted by Gasteiger charge is 2.27. The molecule has 1 N–H and O–H groups in total. The van der Waals surface area contributed by atoms with E-state index >= 15 is 0 Å². The lowest BCUT2D eigenvalue weighted by Gasteiger charge is -2.33. The molecule has 0 radical (unpaired) electrons. The van der Waals surface area contributed by atoms with E-state index in [1.807, 2.05) is 0 Å². The third-order valence-corrected chi connectivity index (χ3v) is 4.32. The molecule has 3 unspecified atom stereocenters. The van der Waals surface area contributed by atoms with Crippen LogP contribution in [0.4, 0.5) is 0 Å². The molecule has 0 aliphatic heterocycles. The molecule has 94 valence electrons. The minimum Gasteiger partial charge on any atom is -0.317 e. The molecule has 0 saturated heterocycles. The van der Waals surface area contributed by atoms with Gasteiger partial charge in [0.05, 0.1) is 0 Å². The van der Waals surface area contributed by atoms with Crippen molar-refractivity contribution >= 4 is 0 Å². The van der Waals surface area contributed by atoms with E-state index in [4.69, 9.17) is 0 Å². The zero-order chi connectivity index (χ0) is 12.3. The SMILES string of the molecule is CCC(C)CC(CC1Cc2ccccc21)NC. The van der Waals surface area contributed by atoms with Crippen LogP contribution in [0.3, 0.4) is 0 Å². The first-order chi connectivity index (χ1) is 8.24. The smallest absolute Gasteiger partial charge is 0.00725 e. The van der Waals surface area contributed by atoms with Crippen LogP contribution in [-0.4, -0.2) is 13.1 Å². The summed E-state index contributed by atoms with van der Waals surface area (Å²) in [5, 5.41) is 3.50. The van der Waals surface area contributed by atoms with Crippen molar-refractivity contribution in [1.29, 1.82) is 0 Å². The van der Waals surface area contributed by atoms with Crippen LogP contribution < -0.4 is 5.32 Å². The monoisotopic (exact) mass is 231 g/mol. The van der Waals surface area contributed by atoms with Crippen molar-refractivity contribution in [3.63, 3.8) is 0 Å². The quantitative estimate of drug-likeness (QED) is 0.786. The van der Waals surface area contributed by atoms with Gasteiger partial charge in [-0.15, -0.1) is 0 Å². The lowest BCUT2D eigenvalue weighted by Crippen LogP contribution is -2.32. The molecule has 1 aliphatic carbocycles. The van der Waals surface area contributed by atoms with Gasteiger partial charge in [-0.05, 0) is 49.3 Å². The standard InChI is InChI=1S/C16H25N/c1-4-12(2)9-15(17-3)11-14-10-13-7-5-6-8-16(13)14/h5-8,12,14-15,17H,4,9-11H2,1-3H3. The number of hydrogen-bond acceptors (Lipinski definition) is 1. The summed E-state index contributed by atoms with van der Waals surface area (Å²) in [6, 6.07) is 9.59. The Bertz CT molecular complexity index is 358. The maximum atomic E-state index is 3.50. The largest absolute Gasteiger partial charge is 0.317 e. The van der Waals surface area contributed by atoms with Gasteiger partial charge in [0.2, 0.25) is 0 Å². The molecule has 0 amide bonds. The van der Waals surface area contributed by atoms with Crippen molar-refractivity contribution < 1.29 is 0 Å². The Morgan fingerprint density at radius 1 is 1.35 bits per heavy atom. The molecule has 1 nitrogen and oxygen atoms in total. The van der Waals surface area contributed by atoms with Gasteiger partial charge in [0.15, 0.2) is 0 Å². The van der Waals surface area contributed by atoms with Gasteiger partial charge >= 0.3 is 0 Å². The molecular weight excluding hydrogens is 206 g/mol. The summed E-state index contributed by atoms with van der Waals surface area (Å²) in [5.41, 5.74) is 3.16. The van der Waals surface area contributed by atoms with Gasteiger partial charge in [-0.25, -0.2) is 0 Å². The Morgan fingerprint density at radius 3 is 2.76 bits per heavy atom. The van der Waals surface area contributed by atoms with Crippen molar-refractivity contribution in [2.45, 2.75) is 51.5 Å². The summed E-state index contributed by atoms with van der Waals surface area (Å²) in [4.78, 5) is 0. The molecule has 0 bridgehead atoms. The van der Waals surface area contributed by atoms with E-state index in [2.05, 4.69) is 50.5 Å². The number of benzene rings is 1. The summed E-state index contributed by atoms with van der Waals surface area (Å²) < 4.78 is 0. The molecule has 0 saturated carbocycles. The van der Waals surface area contributed by atoms with E-state index < -0.39 is 0 Å². The van der Waals surface area contributed by atoms with Crippen LogP contribution in [0.15, 0.2) is 24.3 Å². The molecule has 2 rings (SSSR count). The third-order valence-electron chi connectivity index (χ3n) is 4.32. The second kappa shape index (κ2) is 5.68. The molecule has 17 heavy (non-hydrogen) atoms. The molecular formula is C16H25N. The van der Waals surface area contributed by atoms with Crippen molar-refractivity contribution in [1.82, 2.24) is 5.32 Å². The normalized spacial score (nSPS) is 21.5. The Kier molecular flexibility index (Phi) is 4.22. The summed E-state index contributed by atoms with van der Waals surface area (Å²) in [6.45, 7) is 4.65. The van der Waals surface area contributed by atoms with Crippen LogP contribution in [0, 0.1) is 5.92 Å². The van der Waals surface area contributed by atoms with Gasteiger partial charge in [-0.2, -0.15) is 0 Å². The zero-order valence-corrected chi connectivity index (χ0v) is 11.4. The topological polar surface area (TPSA) is 12.0 Å². The molecule has 1 aliphatic rings. The lowest BCUT2D eigenvalue weighted by molar-refractivity contribution is 0.362. The fourth-order valence-corrected chi connectivity index (χ4v) is 2.90. The van der Waals surface area contributed by atoms with Crippen LogP contribution in [-0.2, 0) is 6.42 Å². The molecule has 1 aromatic rings. The van der Waals surface area contributed by atoms with E-state index in [-0.39, 0.29) is 0 Å². The predicted molar refractivity (Wildman–Crippen MR) is 74.4 cm³/mol. The van der Waals surface area contributed by atoms with Gasteiger partial charge < -0.3 is 5.32 Å². The highest BCUT2D eigenvalue weighted by molar-refractivity contribution is 5.39. The van der Waals surface area contributed by atoms with Gasteiger partial charge in [0.1, 0.15) is 0 Å². The lowest BCUT2D eigenvalue weighted by atomic mass is 9.73. The molecule has 0 heterocycles. The van der Waals surface area contributed by atoms with Crippen molar-refractivity contribution in [3.05, 3.63) is 35.4 Å². The van der Waals surface area contributed by atoms with Crippen LogP contribution in [0.2, 0.25) is 0 Å². The van der Waals surface area contributed by atoms with E-state index in [1.165, 1.54) is 25.7 Å². The Hall–Kier alpha value is -0.820. The average molecular weight is 231 g/mol. The maximum absolute atomic E-state index is 3.50. The average Bonchev–Trinajstić information content (AvgIpc) is 2.34. The molecule has 0 aromatic heterocycles. The van der Waals surface area contributed by atoms with Crippen LogP contribution >= 0.6 is 0 Å². The van der Waals surface area contributed by atoms with Crippen molar-refractivity contribution in [2.24, 2.45) is 5.92 Å². The first kappa shape index (κ1) is 12.6. The van der Waals surface area contributed by atoms with Crippen LogP contribution in [0.25, 0.3) is 0 Å². The summed E-state index contributed by atoms with van der Waals surface area (Å²) in [5.74, 6) is 1.63. The highest BCUT2D eigenvalue weighted by atomic mass is 14.9. The minimum absolute atomic E-state index is 0.684. The number of fused-ring (bicyclic) bond motifs is 1. The summed E-state index contributed by atoms with van der Waals surface area (Å²) in [7, 11) is 2.11. The predicted octanol–water partition coefficient (Wildman–Crippen LogP) is 3.74. The van der Waals surface area contributed by atoms with Crippen molar-refractivity contribution in [3.8, 4) is 0 Å². The Balaban J connectivity index is 1.89. The highest BCUT2D eigenvalue weighted by Crippen LogP contribution is 2.38. The second-order valence-corrected chi connectivity index (χ2v) is 5.57. The van der Waals surface area contributed by atoms with Gasteiger partial charge in [0, 0.05) is 6.04 Å². The van der Waals surface area contributed by atoms with Crippen LogP contribution in [0.5, 0.6) is 0 Å². The van der Waals surface area contributed by atoms with Gasteiger partial charge in [-0.1, -0.05) is 44.5 Å². The summed E-state index contributed by atoms with van der Waals surface area (Å²) in [6.07, 6.45) is 5.19. The van der Waals surface area contributed by atoms with E-state index in [0.717, 1.165) is 11.8 Å². The number of nitrogens with one attached hydrogen (secondary N) is 1. The third kappa shape index (κ3) is 2.90. The minimum atomic E-state index is 0.684. The fourth-order valence-electron chi connectivity index (χ4n) is 2.90. The number of hydrogen-bond donors (Lipinski definition) is 1. The van der Waals surface area contributed by atoms with Gasteiger partial charge in [-0.3, -0.25) is 0 Å². The molecule has 1 aromatic carbocycles. The van der Waals surface area contributed by atoms with Crippen LogP contribution in [0.1, 0.15) is 50.2 Å². The molecule has 1 heteroatoms. The second-order valence-electron chi connectivity index (χ2n) is 5.57. The van der Waals surface area contributed by atoms with Gasteiger partial charge in [0.25, 0.3) is 0 Å². The van der Waals surface area contributed by atoms with E-state index in [0.29, 0.717) is 6.04 Å². The first-order valence-electron chi connectivity index (χ1n) is 6.99. The molecule has 0 fully saturated rings. The maximum Gasteiger partial charge on any atom is 0.00725 e. The fraction of sp³-hybridized carbons (Fsp3) is 0.625. The number of rotatable bonds is 6. The van der Waals surface area contributed by atoms with E-state index in [1.54, 1.807) is 11.1 Å². The molecule has 0 spiro atoms.